The van der Waals surface area contributed by atoms with Gasteiger partial charge in [-0.25, -0.2) is 0 Å². The number of nitriles is 1. The minimum atomic E-state index is -1.03. The molecular weight excluding hydrogens is 350 g/mol. The lowest BCUT2D eigenvalue weighted by Gasteiger charge is -2.29. The lowest BCUT2D eigenvalue weighted by molar-refractivity contribution is -0.148. The number of anilines is 1. The molecule has 0 saturated heterocycles. The van der Waals surface area contributed by atoms with E-state index >= 15 is 0 Å². The molecule has 1 N–H and O–H groups in total. The molecule has 144 valence electrons. The van der Waals surface area contributed by atoms with Crippen molar-refractivity contribution in [1.82, 2.24) is 5.32 Å². The van der Waals surface area contributed by atoms with Crippen LogP contribution in [0.25, 0.3) is 0 Å². The lowest BCUT2D eigenvalue weighted by atomic mass is 9.90. The zero-order valence-corrected chi connectivity index (χ0v) is 15.7. The quantitative estimate of drug-likeness (QED) is 0.724. The summed E-state index contributed by atoms with van der Waals surface area (Å²) in [7, 11) is 0. The number of hydrogen-bond donors (Lipinski definition) is 1. The number of para-hydroxylation sites is 2. The third kappa shape index (κ3) is 4.97. The van der Waals surface area contributed by atoms with Gasteiger partial charge >= 0.3 is 5.97 Å². The molecule has 8 nitrogen and oxygen atoms in total. The zero-order chi connectivity index (χ0) is 20.0. The summed E-state index contributed by atoms with van der Waals surface area (Å²) in [6.45, 7) is 4.80. The summed E-state index contributed by atoms with van der Waals surface area (Å²) in [6.07, 6.45) is -0.0624. The van der Waals surface area contributed by atoms with Crippen molar-refractivity contribution in [2.24, 2.45) is 5.92 Å². The van der Waals surface area contributed by atoms with Gasteiger partial charge in [0.05, 0.1) is 18.2 Å². The molecule has 0 radical (unpaired) electrons. The fourth-order valence-corrected chi connectivity index (χ4v) is 2.45. The molecule has 8 heteroatoms. The largest absolute Gasteiger partial charge is 0.482 e. The number of carbonyl (C=O) groups excluding carboxylic acids is 3. The highest BCUT2D eigenvalue weighted by Crippen LogP contribution is 2.31. The van der Waals surface area contributed by atoms with Gasteiger partial charge in [0.15, 0.2) is 13.2 Å². The van der Waals surface area contributed by atoms with Gasteiger partial charge in [-0.3, -0.25) is 14.4 Å². The standard InChI is InChI=1S/C19H23N3O5/c1-13(2)19(3,12-20)21-16(23)10-27-18(25)8-9-22-14-6-4-5-7-15(14)26-11-17(22)24/h4-7,13H,8-11H2,1-3H3,(H,21,23)/t19-/m1/s1. The molecule has 1 heterocycles. The minimum Gasteiger partial charge on any atom is -0.482 e. The van der Waals surface area contributed by atoms with E-state index in [1.54, 1.807) is 31.2 Å². The van der Waals surface area contributed by atoms with Crippen LogP contribution in [0.3, 0.4) is 0 Å². The van der Waals surface area contributed by atoms with Crippen LogP contribution in [0.15, 0.2) is 24.3 Å². The molecule has 1 aliphatic rings. The Balaban J connectivity index is 1.84. The second kappa shape index (κ2) is 8.54. The molecule has 2 amide bonds. The van der Waals surface area contributed by atoms with E-state index in [1.807, 2.05) is 13.8 Å². The number of nitrogens with zero attached hydrogens (tertiary/aromatic N) is 2. The van der Waals surface area contributed by atoms with Crippen molar-refractivity contribution in [3.8, 4) is 11.8 Å². The van der Waals surface area contributed by atoms with E-state index in [4.69, 9.17) is 9.47 Å². The number of ether oxygens (including phenoxy) is 2. The first-order valence-corrected chi connectivity index (χ1v) is 8.67. The molecule has 0 aliphatic carbocycles. The Labute approximate surface area is 158 Å². The first-order valence-electron chi connectivity index (χ1n) is 8.67. The van der Waals surface area contributed by atoms with Crippen molar-refractivity contribution in [1.29, 1.82) is 5.26 Å². The first kappa shape index (κ1) is 20.2. The second-order valence-electron chi connectivity index (χ2n) is 6.73. The van der Waals surface area contributed by atoms with Crippen LogP contribution in [-0.2, 0) is 19.1 Å². The van der Waals surface area contributed by atoms with Gasteiger partial charge in [0, 0.05) is 6.54 Å². The Morgan fingerprint density at radius 3 is 2.78 bits per heavy atom. The number of esters is 1. The summed E-state index contributed by atoms with van der Waals surface area (Å²) in [5.41, 5.74) is -0.436. The Bertz CT molecular complexity index is 771. The molecule has 0 fully saturated rings. The smallest absolute Gasteiger partial charge is 0.308 e. The maximum Gasteiger partial charge on any atom is 0.308 e. The predicted molar refractivity (Wildman–Crippen MR) is 96.9 cm³/mol. The molecule has 0 bridgehead atoms. The molecule has 0 aromatic heterocycles. The average Bonchev–Trinajstić information content (AvgIpc) is 2.65. The van der Waals surface area contributed by atoms with E-state index < -0.39 is 24.0 Å². The van der Waals surface area contributed by atoms with Gasteiger partial charge in [-0.05, 0) is 25.0 Å². The van der Waals surface area contributed by atoms with Crippen molar-refractivity contribution in [3.05, 3.63) is 24.3 Å². The maximum atomic E-state index is 12.0. The highest BCUT2D eigenvalue weighted by molar-refractivity contribution is 5.98. The normalized spacial score (nSPS) is 15.2. The second-order valence-corrected chi connectivity index (χ2v) is 6.73. The van der Waals surface area contributed by atoms with Gasteiger partial charge in [-0.2, -0.15) is 5.26 Å². The molecule has 0 saturated carbocycles. The van der Waals surface area contributed by atoms with Gasteiger partial charge in [-0.1, -0.05) is 26.0 Å². The van der Waals surface area contributed by atoms with Gasteiger partial charge in [-0.15, -0.1) is 0 Å². The van der Waals surface area contributed by atoms with Gasteiger partial charge in [0.25, 0.3) is 11.8 Å². The van der Waals surface area contributed by atoms with E-state index in [0.29, 0.717) is 11.4 Å². The van der Waals surface area contributed by atoms with Gasteiger partial charge in [0.1, 0.15) is 11.3 Å². The van der Waals surface area contributed by atoms with Crippen molar-refractivity contribution in [2.45, 2.75) is 32.7 Å². The van der Waals surface area contributed by atoms with Crippen molar-refractivity contribution < 1.29 is 23.9 Å². The number of hydrogen-bond acceptors (Lipinski definition) is 6. The molecule has 1 atom stereocenters. The minimum absolute atomic E-state index is 0.0624. The molecule has 1 aliphatic heterocycles. The van der Waals surface area contributed by atoms with Crippen LogP contribution in [0.4, 0.5) is 5.69 Å². The number of rotatable bonds is 7. The molecule has 27 heavy (non-hydrogen) atoms. The van der Waals surface area contributed by atoms with Crippen molar-refractivity contribution in [3.63, 3.8) is 0 Å². The monoisotopic (exact) mass is 373 g/mol. The van der Waals surface area contributed by atoms with E-state index in [1.165, 1.54) is 4.90 Å². The summed E-state index contributed by atoms with van der Waals surface area (Å²) >= 11 is 0. The molecule has 0 spiro atoms. The highest BCUT2D eigenvalue weighted by Gasteiger charge is 2.30. The third-order valence-electron chi connectivity index (χ3n) is 4.50. The number of nitrogens with one attached hydrogen (secondary N) is 1. The summed E-state index contributed by atoms with van der Waals surface area (Å²) in [5, 5.41) is 11.8. The van der Waals surface area contributed by atoms with Crippen molar-refractivity contribution in [2.75, 3.05) is 24.7 Å². The fourth-order valence-electron chi connectivity index (χ4n) is 2.45. The van der Waals surface area contributed by atoms with Crippen LogP contribution in [0, 0.1) is 17.2 Å². The maximum absolute atomic E-state index is 12.0. The zero-order valence-electron chi connectivity index (χ0n) is 15.7. The molecular formula is C19H23N3O5. The van der Waals surface area contributed by atoms with E-state index in [0.717, 1.165) is 0 Å². The highest BCUT2D eigenvalue weighted by atomic mass is 16.5. The van der Waals surface area contributed by atoms with Crippen LogP contribution < -0.4 is 15.0 Å². The van der Waals surface area contributed by atoms with Gasteiger partial charge < -0.3 is 19.7 Å². The fraction of sp³-hybridized carbons (Fsp3) is 0.474. The number of carbonyl (C=O) groups is 3. The topological polar surface area (TPSA) is 109 Å². The van der Waals surface area contributed by atoms with Crippen LogP contribution in [-0.4, -0.2) is 43.1 Å². The first-order chi connectivity index (χ1) is 12.8. The Kier molecular flexibility index (Phi) is 6.40. The van der Waals surface area contributed by atoms with E-state index in [2.05, 4.69) is 11.4 Å². The predicted octanol–water partition coefficient (Wildman–Crippen LogP) is 1.40. The van der Waals surface area contributed by atoms with Gasteiger partial charge in [0.2, 0.25) is 0 Å². The Morgan fingerprint density at radius 2 is 2.11 bits per heavy atom. The van der Waals surface area contributed by atoms with Crippen molar-refractivity contribution >= 4 is 23.5 Å². The Morgan fingerprint density at radius 1 is 1.41 bits per heavy atom. The molecule has 1 aromatic carbocycles. The number of amides is 2. The summed E-state index contributed by atoms with van der Waals surface area (Å²) in [6, 6.07) is 9.11. The van der Waals surface area contributed by atoms with E-state index in [9.17, 15) is 19.6 Å². The summed E-state index contributed by atoms with van der Waals surface area (Å²) in [4.78, 5) is 37.4. The summed E-state index contributed by atoms with van der Waals surface area (Å²) < 4.78 is 10.3. The molecule has 0 unspecified atom stereocenters. The third-order valence-corrected chi connectivity index (χ3v) is 4.50. The summed E-state index contributed by atoms with van der Waals surface area (Å²) in [5.74, 6) is -0.927. The SMILES string of the molecule is CC(C)[C@@](C)(C#N)NC(=O)COC(=O)CCN1C(=O)COc2ccccc21. The number of fused-ring (bicyclic) bond motifs is 1. The van der Waals surface area contributed by atoms with Crippen LogP contribution in [0.5, 0.6) is 5.75 Å². The molecule has 1 aromatic rings. The Hall–Kier alpha value is -3.08. The van der Waals surface area contributed by atoms with Crippen LogP contribution >= 0.6 is 0 Å². The van der Waals surface area contributed by atoms with Crippen LogP contribution in [0.2, 0.25) is 0 Å². The lowest BCUT2D eigenvalue weighted by Crippen LogP contribution is -2.50. The number of benzene rings is 1. The van der Waals surface area contributed by atoms with E-state index in [-0.39, 0.29) is 31.4 Å². The molecule has 2 rings (SSSR count). The average molecular weight is 373 g/mol. The van der Waals surface area contributed by atoms with Crippen LogP contribution in [0.1, 0.15) is 27.2 Å².